The van der Waals surface area contributed by atoms with Crippen LogP contribution in [0, 0.1) is 16.7 Å². The molecule has 0 radical (unpaired) electrons. The van der Waals surface area contributed by atoms with Gasteiger partial charge in [0.1, 0.15) is 11.6 Å². The van der Waals surface area contributed by atoms with Crippen molar-refractivity contribution in [1.82, 2.24) is 30.9 Å². The van der Waals surface area contributed by atoms with Gasteiger partial charge in [-0.25, -0.2) is 20.0 Å². The number of nitrogens with one attached hydrogen (secondary N) is 3. The molecule has 5 amide bonds. The number of thiophene rings is 1. The molecule has 2 aliphatic rings. The summed E-state index contributed by atoms with van der Waals surface area (Å²) >= 11 is 1.44. The van der Waals surface area contributed by atoms with E-state index in [-0.39, 0.29) is 23.2 Å². The van der Waals surface area contributed by atoms with E-state index in [4.69, 9.17) is 0 Å². The highest BCUT2D eigenvalue weighted by atomic mass is 32.1. The van der Waals surface area contributed by atoms with Gasteiger partial charge in [-0.05, 0) is 29.7 Å². The zero-order valence-electron chi connectivity index (χ0n) is 18.1. The Morgan fingerprint density at radius 1 is 1.34 bits per heavy atom. The van der Waals surface area contributed by atoms with Crippen LogP contribution in [-0.2, 0) is 4.79 Å². The van der Waals surface area contributed by atoms with E-state index in [1.165, 1.54) is 11.3 Å². The first-order chi connectivity index (χ1) is 15.1. The number of hydrogen-bond acceptors (Lipinski definition) is 8. The summed E-state index contributed by atoms with van der Waals surface area (Å²) in [6.07, 6.45) is 0.664. The molecule has 1 spiro atoms. The Bertz CT molecular complexity index is 1120. The van der Waals surface area contributed by atoms with Gasteiger partial charge in [-0.2, -0.15) is 10.2 Å². The molecule has 3 N–H and O–H groups in total. The number of likely N-dealkylation sites (tertiary alicyclic amines) is 1. The number of imide groups is 1. The molecule has 0 bridgehead atoms. The molecule has 0 saturated carbocycles. The summed E-state index contributed by atoms with van der Waals surface area (Å²) in [5.74, 6) is 0.157. The minimum absolute atomic E-state index is 0.0296. The number of amides is 5. The Morgan fingerprint density at radius 3 is 2.66 bits per heavy atom. The summed E-state index contributed by atoms with van der Waals surface area (Å²) in [5, 5.41) is 17.8. The van der Waals surface area contributed by atoms with Crippen molar-refractivity contribution in [2.24, 2.45) is 5.41 Å². The fourth-order valence-electron chi connectivity index (χ4n) is 3.88. The fraction of sp³-hybridized carbons (Fsp3) is 0.500. The maximum absolute atomic E-state index is 13.1. The predicted molar refractivity (Wildman–Crippen MR) is 118 cm³/mol. The number of anilines is 1. The summed E-state index contributed by atoms with van der Waals surface area (Å²) in [6.45, 7) is 7.18. The van der Waals surface area contributed by atoms with Crippen molar-refractivity contribution in [2.75, 3.05) is 24.6 Å². The molecule has 0 atom stereocenters. The molecule has 2 aliphatic heterocycles. The number of piperidine rings is 1. The van der Waals surface area contributed by atoms with Crippen LogP contribution in [0.5, 0.6) is 0 Å². The molecule has 2 aromatic heterocycles. The Morgan fingerprint density at radius 2 is 2.06 bits per heavy atom. The maximum Gasteiger partial charge on any atom is 0.336 e. The molecule has 2 aromatic rings. The Hall–Kier alpha value is -3.46. The van der Waals surface area contributed by atoms with E-state index >= 15 is 0 Å². The molecule has 4 heterocycles. The number of carbonyl (C=O) groups excluding carboxylic acids is 3. The number of fused-ring (bicyclic) bond motifs is 1. The molecule has 4 rings (SSSR count). The van der Waals surface area contributed by atoms with E-state index in [9.17, 15) is 19.6 Å². The molecule has 11 nitrogen and oxygen atoms in total. The number of carbonyl (C=O) groups is 3. The predicted octanol–water partition coefficient (Wildman–Crippen LogP) is 1.71. The summed E-state index contributed by atoms with van der Waals surface area (Å²) in [5.41, 5.74) is 2.44. The molecule has 2 saturated heterocycles. The van der Waals surface area contributed by atoms with E-state index in [0.717, 1.165) is 4.70 Å². The summed E-state index contributed by atoms with van der Waals surface area (Å²) in [4.78, 5) is 47.0. The van der Waals surface area contributed by atoms with E-state index in [0.29, 0.717) is 43.8 Å². The van der Waals surface area contributed by atoms with Crippen molar-refractivity contribution in [1.29, 1.82) is 5.26 Å². The van der Waals surface area contributed by atoms with Crippen molar-refractivity contribution < 1.29 is 14.4 Å². The van der Waals surface area contributed by atoms with Crippen molar-refractivity contribution in [3.8, 4) is 6.07 Å². The lowest BCUT2D eigenvalue weighted by molar-refractivity contribution is -0.125. The second kappa shape index (κ2) is 7.90. The quantitative estimate of drug-likeness (QED) is 0.471. The number of aromatic nitrogens is 2. The second-order valence-electron chi connectivity index (χ2n) is 9.16. The summed E-state index contributed by atoms with van der Waals surface area (Å²) in [6, 6.07) is 2.96. The third kappa shape index (κ3) is 4.16. The largest absolute Gasteiger partial charge is 0.336 e. The zero-order valence-corrected chi connectivity index (χ0v) is 18.9. The first-order valence-electron chi connectivity index (χ1n) is 10.2. The van der Waals surface area contributed by atoms with Crippen LogP contribution in [0.1, 0.15) is 39.4 Å². The van der Waals surface area contributed by atoms with Crippen LogP contribution in [0.4, 0.5) is 15.4 Å². The monoisotopic (exact) mass is 456 g/mol. The van der Waals surface area contributed by atoms with Gasteiger partial charge in [-0.15, -0.1) is 11.3 Å². The van der Waals surface area contributed by atoms with Crippen LogP contribution in [-0.4, -0.2) is 58.0 Å². The number of rotatable bonds is 3. The fourth-order valence-corrected chi connectivity index (χ4v) is 4.71. The van der Waals surface area contributed by atoms with E-state index in [1.807, 2.05) is 38.3 Å². The molecular formula is C20H24N8O3S. The zero-order chi connectivity index (χ0) is 23.1. The average molecular weight is 457 g/mol. The van der Waals surface area contributed by atoms with Crippen LogP contribution >= 0.6 is 11.3 Å². The van der Waals surface area contributed by atoms with Crippen molar-refractivity contribution >= 4 is 45.3 Å². The molecule has 168 valence electrons. The normalized spacial score (nSPS) is 17.8. The van der Waals surface area contributed by atoms with Crippen LogP contribution < -0.4 is 21.1 Å². The van der Waals surface area contributed by atoms with Crippen LogP contribution in [0.2, 0.25) is 0 Å². The van der Waals surface area contributed by atoms with Gasteiger partial charge in [-0.3, -0.25) is 15.1 Å². The Labute approximate surface area is 188 Å². The summed E-state index contributed by atoms with van der Waals surface area (Å²) < 4.78 is 0.775. The number of hydrazine groups is 1. The SMILES string of the molecule is CC(C)(C)CN(NC(=O)N1CCC2(CC1)NC(=O)NC2=O)c1nc(C#N)nc2ccsc12. The standard InChI is InChI=1S/C20H24N8O3S/c1-19(2,3)11-28(15-14-12(4-9-32-14)22-13(10-21)23-15)26-18(31)27-7-5-20(6-8-27)16(29)24-17(30)25-20/h4,9H,5-8,11H2,1-3H3,(H,26,31)(H2,24,25,29,30). The van der Waals surface area contributed by atoms with Gasteiger partial charge in [0.05, 0.1) is 10.2 Å². The molecule has 12 heteroatoms. The van der Waals surface area contributed by atoms with Gasteiger partial charge in [-0.1, -0.05) is 20.8 Å². The topological polar surface area (TPSA) is 143 Å². The Kier molecular flexibility index (Phi) is 5.37. The molecule has 32 heavy (non-hydrogen) atoms. The van der Waals surface area contributed by atoms with Crippen LogP contribution in [0.15, 0.2) is 11.4 Å². The minimum Gasteiger partial charge on any atom is -0.323 e. The van der Waals surface area contributed by atoms with Gasteiger partial charge in [0.25, 0.3) is 5.91 Å². The number of urea groups is 2. The maximum atomic E-state index is 13.1. The number of hydrogen-bond donors (Lipinski definition) is 3. The second-order valence-corrected chi connectivity index (χ2v) is 10.1. The number of nitrogens with zero attached hydrogens (tertiary/aromatic N) is 5. The van der Waals surface area contributed by atoms with Gasteiger partial charge < -0.3 is 10.2 Å². The highest BCUT2D eigenvalue weighted by molar-refractivity contribution is 7.17. The van der Waals surface area contributed by atoms with Gasteiger partial charge in [0, 0.05) is 19.6 Å². The average Bonchev–Trinajstić information content (AvgIpc) is 3.30. The Balaban J connectivity index is 1.55. The lowest BCUT2D eigenvalue weighted by Crippen LogP contribution is -2.59. The first-order valence-corrected chi connectivity index (χ1v) is 11.1. The van der Waals surface area contributed by atoms with E-state index in [2.05, 4.69) is 26.0 Å². The lowest BCUT2D eigenvalue weighted by Gasteiger charge is -2.38. The highest BCUT2D eigenvalue weighted by Gasteiger charge is 2.48. The lowest BCUT2D eigenvalue weighted by atomic mass is 9.88. The van der Waals surface area contributed by atoms with Gasteiger partial charge >= 0.3 is 12.1 Å². The molecule has 2 fully saturated rings. The number of nitriles is 1. The van der Waals surface area contributed by atoms with Crippen LogP contribution in [0.3, 0.4) is 0 Å². The van der Waals surface area contributed by atoms with Crippen molar-refractivity contribution in [3.05, 3.63) is 17.3 Å². The molecular weight excluding hydrogens is 432 g/mol. The highest BCUT2D eigenvalue weighted by Crippen LogP contribution is 2.30. The van der Waals surface area contributed by atoms with Gasteiger partial charge in [0.15, 0.2) is 5.82 Å². The van der Waals surface area contributed by atoms with Crippen molar-refractivity contribution in [2.45, 2.75) is 39.2 Å². The first kappa shape index (κ1) is 21.8. The van der Waals surface area contributed by atoms with Gasteiger partial charge in [0.2, 0.25) is 5.82 Å². The third-order valence-corrected chi connectivity index (χ3v) is 6.32. The molecule has 0 unspecified atom stereocenters. The molecule has 0 aromatic carbocycles. The van der Waals surface area contributed by atoms with Crippen LogP contribution in [0.25, 0.3) is 10.2 Å². The van der Waals surface area contributed by atoms with E-state index in [1.54, 1.807) is 9.91 Å². The minimum atomic E-state index is -0.948. The smallest absolute Gasteiger partial charge is 0.323 e. The van der Waals surface area contributed by atoms with Crippen molar-refractivity contribution in [3.63, 3.8) is 0 Å². The van der Waals surface area contributed by atoms with E-state index < -0.39 is 11.6 Å². The third-order valence-electron chi connectivity index (χ3n) is 5.42. The summed E-state index contributed by atoms with van der Waals surface area (Å²) in [7, 11) is 0. The molecule has 0 aliphatic carbocycles.